The lowest BCUT2D eigenvalue weighted by Crippen LogP contribution is -2.08. The van der Waals surface area contributed by atoms with E-state index in [1.54, 1.807) is 0 Å². The second-order valence-electron chi connectivity index (χ2n) is 3.96. The lowest BCUT2D eigenvalue weighted by Gasteiger charge is -1.98. The van der Waals surface area contributed by atoms with E-state index in [0.29, 0.717) is 0 Å². The third-order valence-corrected chi connectivity index (χ3v) is 2.88. The molecule has 17 heavy (non-hydrogen) atoms. The molecule has 0 radical (unpaired) electrons. The van der Waals surface area contributed by atoms with Gasteiger partial charge in [-0.1, -0.05) is 23.7 Å². The molecule has 1 aromatic heterocycles. The van der Waals surface area contributed by atoms with Crippen molar-refractivity contribution in [2.45, 2.75) is 12.8 Å². The van der Waals surface area contributed by atoms with Gasteiger partial charge < -0.3 is 10.3 Å². The maximum atomic E-state index is 5.86. The van der Waals surface area contributed by atoms with E-state index < -0.39 is 0 Å². The Morgan fingerprint density at radius 2 is 2.06 bits per heavy atom. The highest BCUT2D eigenvalue weighted by molar-refractivity contribution is 6.30. The van der Waals surface area contributed by atoms with Crippen LogP contribution >= 0.6 is 11.6 Å². The topological polar surface area (TPSA) is 40.7 Å². The molecule has 2 aromatic rings. The summed E-state index contributed by atoms with van der Waals surface area (Å²) in [5.41, 5.74) is 2.16. The molecule has 0 bridgehead atoms. The van der Waals surface area contributed by atoms with E-state index >= 15 is 0 Å². The first-order chi connectivity index (χ1) is 8.29. The molecule has 0 aliphatic heterocycles. The molecule has 0 unspecified atom stereocenters. The molecule has 90 valence electrons. The van der Waals surface area contributed by atoms with Gasteiger partial charge in [-0.2, -0.15) is 0 Å². The second-order valence-corrected chi connectivity index (χ2v) is 4.39. The molecule has 1 heterocycles. The van der Waals surface area contributed by atoms with Crippen molar-refractivity contribution in [2.75, 3.05) is 13.6 Å². The number of imidazole rings is 1. The van der Waals surface area contributed by atoms with Gasteiger partial charge in [-0.15, -0.1) is 0 Å². The SMILES string of the molecule is CNCCCc1ncc(-c2ccc(Cl)cc2)[nH]1. The molecule has 0 aliphatic rings. The zero-order valence-corrected chi connectivity index (χ0v) is 10.6. The van der Waals surface area contributed by atoms with E-state index in [0.717, 1.165) is 41.5 Å². The van der Waals surface area contributed by atoms with Crippen LogP contribution in [0.5, 0.6) is 0 Å². The standard InChI is InChI=1S/C13H16ClN3/c1-15-8-2-3-13-16-9-12(17-13)10-4-6-11(14)7-5-10/h4-7,9,15H,2-3,8H2,1H3,(H,16,17). The van der Waals surface area contributed by atoms with Crippen LogP contribution in [0.15, 0.2) is 30.5 Å². The van der Waals surface area contributed by atoms with Crippen molar-refractivity contribution in [1.82, 2.24) is 15.3 Å². The van der Waals surface area contributed by atoms with Gasteiger partial charge in [0.25, 0.3) is 0 Å². The molecule has 3 nitrogen and oxygen atoms in total. The average molecular weight is 250 g/mol. The molecule has 0 aliphatic carbocycles. The quantitative estimate of drug-likeness (QED) is 0.800. The average Bonchev–Trinajstić information content (AvgIpc) is 2.79. The largest absolute Gasteiger partial charge is 0.342 e. The fourth-order valence-electron chi connectivity index (χ4n) is 1.70. The summed E-state index contributed by atoms with van der Waals surface area (Å²) in [7, 11) is 1.96. The van der Waals surface area contributed by atoms with Gasteiger partial charge in [-0.25, -0.2) is 4.98 Å². The lowest BCUT2D eigenvalue weighted by molar-refractivity contribution is 0.707. The van der Waals surface area contributed by atoms with Crippen LogP contribution in [0.1, 0.15) is 12.2 Å². The zero-order chi connectivity index (χ0) is 12.1. The summed E-state index contributed by atoms with van der Waals surface area (Å²) in [4.78, 5) is 7.70. The summed E-state index contributed by atoms with van der Waals surface area (Å²) in [6.07, 6.45) is 3.93. The van der Waals surface area contributed by atoms with Crippen LogP contribution < -0.4 is 5.32 Å². The first-order valence-corrected chi connectivity index (χ1v) is 6.12. The molecule has 0 spiro atoms. The maximum absolute atomic E-state index is 5.86. The number of rotatable bonds is 5. The van der Waals surface area contributed by atoms with Crippen LogP contribution in [0.3, 0.4) is 0 Å². The van der Waals surface area contributed by atoms with Gasteiger partial charge >= 0.3 is 0 Å². The molecule has 0 amide bonds. The van der Waals surface area contributed by atoms with Crippen LogP contribution in [0.4, 0.5) is 0 Å². The third kappa shape index (κ3) is 3.32. The Kier molecular flexibility index (Phi) is 4.18. The first-order valence-electron chi connectivity index (χ1n) is 5.74. The van der Waals surface area contributed by atoms with Crippen molar-refractivity contribution in [3.8, 4) is 11.3 Å². The summed E-state index contributed by atoms with van der Waals surface area (Å²) >= 11 is 5.86. The maximum Gasteiger partial charge on any atom is 0.106 e. The molecule has 4 heteroatoms. The molecule has 2 N–H and O–H groups in total. The van der Waals surface area contributed by atoms with Crippen molar-refractivity contribution in [1.29, 1.82) is 0 Å². The molecule has 0 saturated heterocycles. The number of halogens is 1. The van der Waals surface area contributed by atoms with Gasteiger partial charge in [-0.05, 0) is 37.7 Å². The second kappa shape index (κ2) is 5.84. The Balaban J connectivity index is 2.04. The Labute approximate surface area is 106 Å². The van der Waals surface area contributed by atoms with E-state index in [1.165, 1.54) is 0 Å². The van der Waals surface area contributed by atoms with Crippen LogP contribution in [-0.2, 0) is 6.42 Å². The molecule has 0 atom stereocenters. The predicted molar refractivity (Wildman–Crippen MR) is 71.3 cm³/mol. The van der Waals surface area contributed by atoms with Gasteiger partial charge in [-0.3, -0.25) is 0 Å². The number of nitrogens with zero attached hydrogens (tertiary/aromatic N) is 1. The summed E-state index contributed by atoms with van der Waals surface area (Å²) in [6, 6.07) is 7.76. The number of hydrogen-bond acceptors (Lipinski definition) is 2. The van der Waals surface area contributed by atoms with Gasteiger partial charge in [0.2, 0.25) is 0 Å². The minimum Gasteiger partial charge on any atom is -0.342 e. The number of aromatic nitrogens is 2. The Bertz CT molecular complexity index is 462. The number of benzene rings is 1. The molecular formula is C13H16ClN3. The van der Waals surface area contributed by atoms with Crippen molar-refractivity contribution in [3.63, 3.8) is 0 Å². The van der Waals surface area contributed by atoms with E-state index in [9.17, 15) is 0 Å². The van der Waals surface area contributed by atoms with Crippen molar-refractivity contribution < 1.29 is 0 Å². The molecule has 0 fully saturated rings. The van der Waals surface area contributed by atoms with E-state index in [1.807, 2.05) is 37.5 Å². The minimum atomic E-state index is 0.752. The van der Waals surface area contributed by atoms with E-state index in [4.69, 9.17) is 11.6 Å². The summed E-state index contributed by atoms with van der Waals surface area (Å²) in [5, 5.41) is 3.88. The minimum absolute atomic E-state index is 0.752. The van der Waals surface area contributed by atoms with Crippen LogP contribution in [-0.4, -0.2) is 23.6 Å². The smallest absolute Gasteiger partial charge is 0.106 e. The Hall–Kier alpha value is -1.32. The summed E-state index contributed by atoms with van der Waals surface area (Å²) in [5.74, 6) is 1.03. The highest BCUT2D eigenvalue weighted by Gasteiger charge is 2.02. The monoisotopic (exact) mass is 249 g/mol. The summed E-state index contributed by atoms with van der Waals surface area (Å²) in [6.45, 7) is 1.01. The number of hydrogen-bond donors (Lipinski definition) is 2. The normalized spacial score (nSPS) is 10.7. The van der Waals surface area contributed by atoms with Crippen molar-refractivity contribution in [3.05, 3.63) is 41.3 Å². The van der Waals surface area contributed by atoms with Gasteiger partial charge in [0.15, 0.2) is 0 Å². The summed E-state index contributed by atoms with van der Waals surface area (Å²) < 4.78 is 0. The Morgan fingerprint density at radius 1 is 1.29 bits per heavy atom. The fourth-order valence-corrected chi connectivity index (χ4v) is 1.82. The fraction of sp³-hybridized carbons (Fsp3) is 0.308. The first kappa shape index (κ1) is 12.1. The third-order valence-electron chi connectivity index (χ3n) is 2.62. The van der Waals surface area contributed by atoms with Crippen molar-refractivity contribution in [2.24, 2.45) is 0 Å². The van der Waals surface area contributed by atoms with Crippen LogP contribution in [0.25, 0.3) is 11.3 Å². The zero-order valence-electron chi connectivity index (χ0n) is 9.83. The number of H-pyrrole nitrogens is 1. The predicted octanol–water partition coefficient (Wildman–Crippen LogP) is 2.88. The van der Waals surface area contributed by atoms with Crippen LogP contribution in [0, 0.1) is 0 Å². The lowest BCUT2D eigenvalue weighted by atomic mass is 10.2. The Morgan fingerprint density at radius 3 is 2.76 bits per heavy atom. The molecule has 2 rings (SSSR count). The molecule has 0 saturated carbocycles. The van der Waals surface area contributed by atoms with Crippen molar-refractivity contribution >= 4 is 11.6 Å². The highest BCUT2D eigenvalue weighted by Crippen LogP contribution is 2.19. The van der Waals surface area contributed by atoms with Crippen LogP contribution in [0.2, 0.25) is 5.02 Å². The number of aromatic amines is 1. The van der Waals surface area contributed by atoms with Gasteiger partial charge in [0.05, 0.1) is 11.9 Å². The molecule has 1 aromatic carbocycles. The van der Waals surface area contributed by atoms with E-state index in [-0.39, 0.29) is 0 Å². The highest BCUT2D eigenvalue weighted by atomic mass is 35.5. The van der Waals surface area contributed by atoms with E-state index in [2.05, 4.69) is 15.3 Å². The number of nitrogens with one attached hydrogen (secondary N) is 2. The molecular weight excluding hydrogens is 234 g/mol. The van der Waals surface area contributed by atoms with Gasteiger partial charge in [0, 0.05) is 11.4 Å². The van der Waals surface area contributed by atoms with Gasteiger partial charge in [0.1, 0.15) is 5.82 Å². The number of aryl methyl sites for hydroxylation is 1.